The first-order valence-electron chi connectivity index (χ1n) is 4.21. The highest BCUT2D eigenvalue weighted by Crippen LogP contribution is 2.09. The number of hydrogen-bond donors (Lipinski definition) is 2. The van der Waals surface area contributed by atoms with E-state index in [1.54, 1.807) is 24.3 Å². The lowest BCUT2D eigenvalue weighted by Crippen LogP contribution is -2.16. The van der Waals surface area contributed by atoms with Crippen molar-refractivity contribution in [3.05, 3.63) is 30.3 Å². The number of benzene rings is 1. The molecular formula is C9H12FNO2S. The quantitative estimate of drug-likeness (QED) is 0.586. The van der Waals surface area contributed by atoms with Crippen molar-refractivity contribution in [2.24, 2.45) is 0 Å². The number of nitrogens with one attached hydrogen (secondary N) is 1. The fraction of sp³-hybridized carbons (Fsp3) is 0.333. The second-order valence-corrected chi connectivity index (χ2v) is 3.84. The Kier molecular flexibility index (Phi) is 4.55. The van der Waals surface area contributed by atoms with Crippen LogP contribution in [-0.4, -0.2) is 20.8 Å². The number of para-hydroxylation sites is 1. The summed E-state index contributed by atoms with van der Waals surface area (Å²) in [5, 5.41) is 2.58. The van der Waals surface area contributed by atoms with E-state index in [0.29, 0.717) is 5.69 Å². The molecule has 0 aliphatic carbocycles. The Hall–Kier alpha value is -0.940. The van der Waals surface area contributed by atoms with Crippen LogP contribution in [0, 0.1) is 0 Å². The summed E-state index contributed by atoms with van der Waals surface area (Å²) in [4.78, 5) is 0. The molecule has 0 heterocycles. The van der Waals surface area contributed by atoms with Gasteiger partial charge in [-0.3, -0.25) is 0 Å². The molecule has 0 saturated heterocycles. The smallest absolute Gasteiger partial charge is 0.171 e. The predicted molar refractivity (Wildman–Crippen MR) is 55.2 cm³/mol. The Morgan fingerprint density at radius 2 is 2.07 bits per heavy atom. The molecule has 0 aromatic heterocycles. The van der Waals surface area contributed by atoms with E-state index in [1.807, 2.05) is 6.07 Å². The molecule has 2 atom stereocenters. The SMILES string of the molecule is O=S(O)CCC(F)Nc1ccccc1. The highest BCUT2D eigenvalue weighted by atomic mass is 32.2. The Bertz CT molecular complexity index is 294. The van der Waals surface area contributed by atoms with Crippen molar-refractivity contribution in [2.45, 2.75) is 12.7 Å². The molecule has 3 nitrogen and oxygen atoms in total. The topological polar surface area (TPSA) is 49.3 Å². The van der Waals surface area contributed by atoms with E-state index in [0.717, 1.165) is 0 Å². The van der Waals surface area contributed by atoms with E-state index in [9.17, 15) is 8.60 Å². The minimum Gasteiger partial charge on any atom is -0.356 e. The van der Waals surface area contributed by atoms with Crippen LogP contribution in [0.15, 0.2) is 30.3 Å². The number of anilines is 1. The number of halogens is 1. The number of hydrogen-bond acceptors (Lipinski definition) is 2. The summed E-state index contributed by atoms with van der Waals surface area (Å²) in [6.07, 6.45) is -1.26. The first-order chi connectivity index (χ1) is 6.68. The van der Waals surface area contributed by atoms with Gasteiger partial charge in [-0.15, -0.1) is 0 Å². The molecule has 1 aromatic rings. The maximum absolute atomic E-state index is 13.1. The molecule has 2 unspecified atom stereocenters. The summed E-state index contributed by atoms with van der Waals surface area (Å²) in [6, 6.07) is 8.89. The van der Waals surface area contributed by atoms with E-state index in [1.165, 1.54) is 0 Å². The van der Waals surface area contributed by atoms with Gasteiger partial charge < -0.3 is 9.87 Å². The number of alkyl halides is 1. The third-order valence-electron chi connectivity index (χ3n) is 1.64. The molecule has 0 saturated carbocycles. The van der Waals surface area contributed by atoms with Crippen molar-refractivity contribution in [1.82, 2.24) is 0 Å². The zero-order valence-electron chi connectivity index (χ0n) is 7.52. The van der Waals surface area contributed by atoms with Crippen molar-refractivity contribution < 1.29 is 13.2 Å². The third kappa shape index (κ3) is 4.34. The van der Waals surface area contributed by atoms with Gasteiger partial charge in [-0.25, -0.2) is 8.60 Å². The molecule has 1 rings (SSSR count). The van der Waals surface area contributed by atoms with E-state index >= 15 is 0 Å². The van der Waals surface area contributed by atoms with Gasteiger partial charge in [0.1, 0.15) is 0 Å². The predicted octanol–water partition coefficient (Wildman–Crippen LogP) is 2.01. The minimum atomic E-state index is -1.92. The highest BCUT2D eigenvalue weighted by molar-refractivity contribution is 7.79. The molecule has 0 bridgehead atoms. The molecule has 2 N–H and O–H groups in total. The van der Waals surface area contributed by atoms with Gasteiger partial charge >= 0.3 is 0 Å². The first kappa shape index (κ1) is 11.1. The van der Waals surface area contributed by atoms with Crippen LogP contribution in [0.4, 0.5) is 10.1 Å². The maximum atomic E-state index is 13.1. The van der Waals surface area contributed by atoms with Crippen molar-refractivity contribution in [1.29, 1.82) is 0 Å². The summed E-state index contributed by atoms with van der Waals surface area (Å²) < 4.78 is 31.8. The first-order valence-corrected chi connectivity index (χ1v) is 5.49. The van der Waals surface area contributed by atoms with Crippen molar-refractivity contribution >= 4 is 16.8 Å². The summed E-state index contributed by atoms with van der Waals surface area (Å²) in [5.41, 5.74) is 0.670. The summed E-state index contributed by atoms with van der Waals surface area (Å²) in [7, 11) is 0. The van der Waals surface area contributed by atoms with Crippen LogP contribution in [0.5, 0.6) is 0 Å². The van der Waals surface area contributed by atoms with Crippen LogP contribution in [0.1, 0.15) is 6.42 Å². The van der Waals surface area contributed by atoms with E-state index in [-0.39, 0.29) is 12.2 Å². The fourth-order valence-corrected chi connectivity index (χ4v) is 1.40. The van der Waals surface area contributed by atoms with Gasteiger partial charge in [-0.05, 0) is 12.1 Å². The van der Waals surface area contributed by atoms with Gasteiger partial charge in [-0.2, -0.15) is 0 Å². The van der Waals surface area contributed by atoms with Crippen LogP contribution < -0.4 is 5.32 Å². The molecule has 0 amide bonds. The Balaban J connectivity index is 2.34. The third-order valence-corrected chi connectivity index (χ3v) is 2.23. The average Bonchev–Trinajstić information content (AvgIpc) is 2.16. The average molecular weight is 217 g/mol. The van der Waals surface area contributed by atoms with Gasteiger partial charge in [0.2, 0.25) is 0 Å². The molecule has 78 valence electrons. The Labute approximate surface area is 84.6 Å². The van der Waals surface area contributed by atoms with Gasteiger partial charge in [0.05, 0.1) is 5.75 Å². The second-order valence-electron chi connectivity index (χ2n) is 2.79. The lowest BCUT2D eigenvalue weighted by Gasteiger charge is -2.10. The largest absolute Gasteiger partial charge is 0.356 e. The van der Waals surface area contributed by atoms with Crippen LogP contribution in [0.3, 0.4) is 0 Å². The standard InChI is InChI=1S/C9H12FNO2S/c10-9(6-7-14(12)13)11-8-4-2-1-3-5-8/h1-5,9,11H,6-7H2,(H,12,13). The van der Waals surface area contributed by atoms with Crippen molar-refractivity contribution in [2.75, 3.05) is 11.1 Å². The second kappa shape index (κ2) is 5.72. The fourth-order valence-electron chi connectivity index (χ4n) is 0.992. The zero-order valence-corrected chi connectivity index (χ0v) is 8.34. The van der Waals surface area contributed by atoms with Gasteiger partial charge in [0, 0.05) is 12.1 Å². The molecule has 0 aliphatic rings. The molecule has 0 radical (unpaired) electrons. The zero-order chi connectivity index (χ0) is 10.4. The summed E-state index contributed by atoms with van der Waals surface area (Å²) >= 11 is -1.92. The van der Waals surface area contributed by atoms with Gasteiger partial charge in [-0.1, -0.05) is 18.2 Å². The van der Waals surface area contributed by atoms with E-state index in [2.05, 4.69) is 5.32 Å². The maximum Gasteiger partial charge on any atom is 0.171 e. The molecule has 0 spiro atoms. The molecule has 0 aliphatic heterocycles. The van der Waals surface area contributed by atoms with Crippen LogP contribution in [-0.2, 0) is 11.1 Å². The van der Waals surface area contributed by atoms with Crippen molar-refractivity contribution in [3.63, 3.8) is 0 Å². The molecule has 0 fully saturated rings. The van der Waals surface area contributed by atoms with Crippen LogP contribution in [0.2, 0.25) is 0 Å². The monoisotopic (exact) mass is 217 g/mol. The molecule has 5 heteroatoms. The number of rotatable bonds is 5. The van der Waals surface area contributed by atoms with Gasteiger partial charge in [0.25, 0.3) is 0 Å². The summed E-state index contributed by atoms with van der Waals surface area (Å²) in [5.74, 6) is -0.0546. The highest BCUT2D eigenvalue weighted by Gasteiger charge is 2.06. The van der Waals surface area contributed by atoms with E-state index < -0.39 is 17.4 Å². The molecule has 14 heavy (non-hydrogen) atoms. The molecular weight excluding hydrogens is 205 g/mol. The van der Waals surface area contributed by atoms with Gasteiger partial charge in [0.15, 0.2) is 17.4 Å². The van der Waals surface area contributed by atoms with Crippen molar-refractivity contribution in [3.8, 4) is 0 Å². The summed E-state index contributed by atoms with van der Waals surface area (Å²) in [6.45, 7) is 0. The van der Waals surface area contributed by atoms with Crippen LogP contribution >= 0.6 is 0 Å². The Morgan fingerprint density at radius 3 is 2.64 bits per heavy atom. The lowest BCUT2D eigenvalue weighted by molar-refractivity contribution is 0.363. The van der Waals surface area contributed by atoms with E-state index in [4.69, 9.17) is 4.55 Å². The normalized spacial score (nSPS) is 14.7. The van der Waals surface area contributed by atoms with Crippen LogP contribution in [0.25, 0.3) is 0 Å². The lowest BCUT2D eigenvalue weighted by atomic mass is 10.3. The minimum absolute atomic E-state index is 0.0258. The molecule has 1 aromatic carbocycles. The Morgan fingerprint density at radius 1 is 1.43 bits per heavy atom.